The van der Waals surface area contributed by atoms with Crippen molar-refractivity contribution in [3.8, 4) is 0 Å². The zero-order valence-electron chi connectivity index (χ0n) is 15.7. The van der Waals surface area contributed by atoms with Crippen molar-refractivity contribution < 1.29 is 19.1 Å². The summed E-state index contributed by atoms with van der Waals surface area (Å²) in [6.07, 6.45) is 0.00453. The van der Waals surface area contributed by atoms with Gasteiger partial charge in [0.25, 0.3) is 5.91 Å². The molecular formula is C13H19B9N3O4-2. The molecule has 139 valence electrons. The van der Waals surface area contributed by atoms with E-state index in [-0.39, 0.29) is 45.6 Å². The molecule has 16 heteroatoms. The highest BCUT2D eigenvalue weighted by molar-refractivity contribution is 7.97. The zero-order chi connectivity index (χ0) is 22.0. The van der Waals surface area contributed by atoms with Crippen LogP contribution in [0.15, 0.2) is 24.3 Å². The number of nitrogens with one attached hydrogen (secondary N) is 3. The van der Waals surface area contributed by atoms with Crippen LogP contribution in [0.1, 0.15) is 15.9 Å². The van der Waals surface area contributed by atoms with E-state index in [9.17, 15) is 14.4 Å². The highest BCUT2D eigenvalue weighted by atomic mass is 16.5. The molecule has 1 aromatic carbocycles. The highest BCUT2D eigenvalue weighted by Crippen LogP contribution is 2.06. The molecule has 0 fully saturated rings. The Morgan fingerprint density at radius 2 is 1.79 bits per heavy atom. The average Bonchev–Trinajstić information content (AvgIpc) is 2.69. The minimum atomic E-state index is -2.17. The van der Waals surface area contributed by atoms with Crippen molar-refractivity contribution in [2.24, 2.45) is 0 Å². The van der Waals surface area contributed by atoms with Gasteiger partial charge in [0.05, 0.1) is 13.1 Å². The van der Waals surface area contributed by atoms with Crippen LogP contribution in [0.25, 0.3) is 0 Å². The van der Waals surface area contributed by atoms with Crippen LogP contribution < -0.4 is 15.9 Å². The number of ether oxygens (including phenoxy) is 1. The van der Waals surface area contributed by atoms with E-state index >= 15 is 0 Å². The quantitative estimate of drug-likeness (QED) is 0.265. The summed E-state index contributed by atoms with van der Waals surface area (Å²) in [6.45, 7) is -0.628. The Kier molecular flexibility index (Phi) is 10.4. The number of carbonyl (C=O) groups is 3. The molecular weight excluding hydrogens is 359 g/mol. The van der Waals surface area contributed by atoms with Crippen molar-refractivity contribution in [3.63, 3.8) is 0 Å². The smallest absolute Gasteiger partial charge is 0.319 e. The Labute approximate surface area is 179 Å². The van der Waals surface area contributed by atoms with Crippen LogP contribution in [0.5, 0.6) is 0 Å². The third kappa shape index (κ3) is 9.02. The molecule has 0 bridgehead atoms. The molecule has 7 nitrogen and oxygen atoms in total. The van der Waals surface area contributed by atoms with Crippen molar-refractivity contribution in [1.29, 1.82) is 0 Å². The van der Waals surface area contributed by atoms with Crippen LogP contribution in [0, 0.1) is 0 Å². The maximum atomic E-state index is 12.0. The largest absolute Gasteiger partial charge is 0.460 e. The van der Waals surface area contributed by atoms with Crippen molar-refractivity contribution >= 4 is 82.3 Å². The summed E-state index contributed by atoms with van der Waals surface area (Å²) in [7, 11) is 25.8. The van der Waals surface area contributed by atoms with Crippen LogP contribution in [-0.4, -0.2) is 102 Å². The van der Waals surface area contributed by atoms with Crippen LogP contribution in [0.2, 0.25) is 0 Å². The summed E-state index contributed by atoms with van der Waals surface area (Å²) >= 11 is 0. The first-order valence-electron chi connectivity index (χ1n) is 8.57. The first-order chi connectivity index (χ1) is 13.6. The van der Waals surface area contributed by atoms with E-state index in [1.165, 1.54) is 14.1 Å². The van der Waals surface area contributed by atoms with Gasteiger partial charge in [-0.2, -0.15) is 0 Å². The lowest BCUT2D eigenvalue weighted by molar-refractivity contribution is -0.143. The number of amides is 2. The number of rotatable bonds is 11. The van der Waals surface area contributed by atoms with Gasteiger partial charge in [-0.1, -0.05) is 26.5 Å². The normalized spacial score (nSPS) is 10.6. The SMILES string of the molecule is [B][B]B([BH3-])B(NCC(=O)OCc1ccc(C(=O)NCC(=O)NC)cc1)[B-]([B])([B])[B]. The third-order valence-electron chi connectivity index (χ3n) is 3.73. The monoisotopic (exact) mass is 380 g/mol. The van der Waals surface area contributed by atoms with Crippen molar-refractivity contribution in [3.05, 3.63) is 35.4 Å². The fourth-order valence-electron chi connectivity index (χ4n) is 2.10. The van der Waals surface area contributed by atoms with E-state index in [0.717, 1.165) is 0 Å². The van der Waals surface area contributed by atoms with Gasteiger partial charge >= 0.3 is 5.97 Å². The van der Waals surface area contributed by atoms with E-state index in [1.54, 1.807) is 24.3 Å². The van der Waals surface area contributed by atoms with Crippen molar-refractivity contribution in [1.82, 2.24) is 15.9 Å². The van der Waals surface area contributed by atoms with E-state index in [0.29, 0.717) is 11.1 Å². The van der Waals surface area contributed by atoms with Crippen molar-refractivity contribution in [2.45, 2.75) is 6.61 Å². The second kappa shape index (κ2) is 12.0. The molecule has 0 saturated heterocycles. The van der Waals surface area contributed by atoms with Crippen LogP contribution >= 0.6 is 0 Å². The minimum Gasteiger partial charge on any atom is -0.460 e. The van der Waals surface area contributed by atoms with Gasteiger partial charge in [0.1, 0.15) is 6.61 Å². The molecule has 29 heavy (non-hydrogen) atoms. The first kappa shape index (κ1) is 25.2. The van der Waals surface area contributed by atoms with Crippen LogP contribution in [-0.2, 0) is 20.9 Å². The molecule has 0 aliphatic heterocycles. The Balaban J connectivity index is 2.49. The Morgan fingerprint density at radius 3 is 2.31 bits per heavy atom. The number of hydrogen-bond donors (Lipinski definition) is 3. The third-order valence-corrected chi connectivity index (χ3v) is 3.73. The molecule has 0 unspecified atom stereocenters. The molecule has 0 aliphatic rings. The fourth-order valence-corrected chi connectivity index (χ4v) is 2.10. The van der Waals surface area contributed by atoms with Gasteiger partial charge in [0.15, 0.2) is 0 Å². The molecule has 2 amide bonds. The van der Waals surface area contributed by atoms with E-state index < -0.39 is 18.3 Å². The topological polar surface area (TPSA) is 96.5 Å². The summed E-state index contributed by atoms with van der Waals surface area (Å²) in [5.74, 6) is -1.16. The van der Waals surface area contributed by atoms with E-state index in [1.807, 2.05) is 0 Å². The second-order valence-corrected chi connectivity index (χ2v) is 6.16. The summed E-state index contributed by atoms with van der Waals surface area (Å²) in [5.41, 5.74) is -1.08. The Morgan fingerprint density at radius 1 is 1.17 bits per heavy atom. The molecule has 0 aliphatic carbocycles. The Hall–Kier alpha value is -1.83. The van der Waals surface area contributed by atoms with Gasteiger partial charge in [-0.3, -0.25) is 14.4 Å². The maximum Gasteiger partial charge on any atom is 0.319 e. The summed E-state index contributed by atoms with van der Waals surface area (Å²) in [5, 5.41) is 7.85. The molecule has 1 rings (SSSR count). The number of benzene rings is 1. The lowest BCUT2D eigenvalue weighted by Crippen LogP contribution is -2.72. The highest BCUT2D eigenvalue weighted by Gasteiger charge is 2.20. The standard InChI is InChI=1S/C13H19B9N3O4/c1-23-11(26)6-24-13(28)10-4-2-9(3-5-10)8-29-12(27)7-25-21(20(15)19-14)22(16,17)18/h2-5,25H,6-8H2,1,15H3,(H,23,26)(H,24,28)/q-2. The number of esters is 1. The summed E-state index contributed by atoms with van der Waals surface area (Å²) in [4.78, 5) is 35.1. The van der Waals surface area contributed by atoms with Crippen LogP contribution in [0.3, 0.4) is 0 Å². The number of hydrogen-bond acceptors (Lipinski definition) is 5. The fraction of sp³-hybridized carbons (Fsp3) is 0.308. The van der Waals surface area contributed by atoms with Crippen molar-refractivity contribution in [2.75, 3.05) is 20.1 Å². The maximum absolute atomic E-state index is 12.0. The Bertz CT molecular complexity index is 702. The van der Waals surface area contributed by atoms with Gasteiger partial charge < -0.3 is 20.6 Å². The lowest BCUT2D eigenvalue weighted by Gasteiger charge is -2.44. The lowest BCUT2D eigenvalue weighted by atomic mass is 8.60. The minimum absolute atomic E-state index is 0.00453. The van der Waals surface area contributed by atoms with E-state index in [2.05, 4.69) is 15.9 Å². The van der Waals surface area contributed by atoms with Gasteiger partial charge in [0.2, 0.25) is 5.91 Å². The zero-order valence-corrected chi connectivity index (χ0v) is 15.7. The summed E-state index contributed by atoms with van der Waals surface area (Å²) < 4.78 is 5.21. The van der Waals surface area contributed by atoms with E-state index in [4.69, 9.17) is 35.7 Å². The first-order valence-corrected chi connectivity index (χ1v) is 8.57. The predicted molar refractivity (Wildman–Crippen MR) is 127 cm³/mol. The molecule has 3 N–H and O–H groups in total. The summed E-state index contributed by atoms with van der Waals surface area (Å²) in [6, 6.07) is 6.48. The number of likely N-dealkylation sites (N-methyl/N-ethyl adjacent to an activating group) is 1. The molecule has 0 spiro atoms. The van der Waals surface area contributed by atoms with Crippen LogP contribution in [0.4, 0.5) is 0 Å². The molecule has 0 atom stereocenters. The average molecular weight is 379 g/mol. The molecule has 0 aromatic heterocycles. The molecule has 1 aromatic rings. The van der Waals surface area contributed by atoms with Gasteiger partial charge in [-0.15, -0.1) is 12.1 Å². The predicted octanol–water partition coefficient (Wildman–Crippen LogP) is -4.97. The molecule has 0 saturated carbocycles. The van der Waals surface area contributed by atoms with Gasteiger partial charge in [-0.05, 0) is 32.5 Å². The van der Waals surface area contributed by atoms with Gasteiger partial charge in [0, 0.05) is 12.6 Å². The molecule has 0 heterocycles. The second-order valence-electron chi connectivity index (χ2n) is 6.16. The van der Waals surface area contributed by atoms with Gasteiger partial charge in [-0.25, -0.2) is 23.2 Å². The number of carbonyl (C=O) groups excluding carboxylic acids is 3. The molecule has 9 radical (unpaired) electrons.